The van der Waals surface area contributed by atoms with Crippen LogP contribution in [0.4, 0.5) is 0 Å². The lowest BCUT2D eigenvalue weighted by Gasteiger charge is -2.41. The van der Waals surface area contributed by atoms with Crippen LogP contribution in [-0.4, -0.2) is 6.54 Å². The smallest absolute Gasteiger partial charge is 0.0758 e. The van der Waals surface area contributed by atoms with Crippen LogP contribution in [0.5, 0.6) is 0 Å². The van der Waals surface area contributed by atoms with Gasteiger partial charge in [0.15, 0.2) is 0 Å². The first kappa shape index (κ1) is 16.0. The molecule has 4 heteroatoms. The third kappa shape index (κ3) is 3.84. The lowest BCUT2D eigenvalue weighted by atomic mass is 9.69. The van der Waals surface area contributed by atoms with E-state index in [0.717, 1.165) is 6.54 Å². The second kappa shape index (κ2) is 7.06. The van der Waals surface area contributed by atoms with Crippen molar-refractivity contribution in [3.8, 4) is 0 Å². The molecule has 1 saturated carbocycles. The third-order valence-electron chi connectivity index (χ3n) is 4.29. The van der Waals surface area contributed by atoms with Gasteiger partial charge in [0.25, 0.3) is 0 Å². The quantitative estimate of drug-likeness (QED) is 0.603. The third-order valence-corrected chi connectivity index (χ3v) is 6.67. The van der Waals surface area contributed by atoms with Gasteiger partial charge >= 0.3 is 0 Å². The summed E-state index contributed by atoms with van der Waals surface area (Å²) in [6.45, 7) is 5.81. The van der Waals surface area contributed by atoms with Gasteiger partial charge in [-0.3, -0.25) is 0 Å². The zero-order chi connectivity index (χ0) is 13.9. The largest absolute Gasteiger partial charge is 0.309 e. The molecular weight excluding hydrogens is 386 g/mol. The van der Waals surface area contributed by atoms with E-state index in [1.807, 2.05) is 0 Å². The summed E-state index contributed by atoms with van der Waals surface area (Å²) in [4.78, 5) is 0. The van der Waals surface area contributed by atoms with Gasteiger partial charge < -0.3 is 5.32 Å². The maximum Gasteiger partial charge on any atom is 0.0758 e. The van der Waals surface area contributed by atoms with Gasteiger partial charge in [-0.15, -0.1) is 11.3 Å². The second-order valence-electron chi connectivity index (χ2n) is 5.88. The summed E-state index contributed by atoms with van der Waals surface area (Å²) in [7, 11) is 0. The minimum absolute atomic E-state index is 0.399. The zero-order valence-corrected chi connectivity index (χ0v) is 15.8. The maximum absolute atomic E-state index is 3.81. The van der Waals surface area contributed by atoms with Crippen LogP contribution in [0, 0.1) is 5.41 Å². The fraction of sp³-hybridized carbons (Fsp3) is 0.733. The molecule has 1 aliphatic rings. The van der Waals surface area contributed by atoms with E-state index in [1.54, 1.807) is 11.3 Å². The molecule has 0 radical (unpaired) electrons. The van der Waals surface area contributed by atoms with Crippen LogP contribution >= 0.6 is 43.2 Å². The molecule has 1 N–H and O–H groups in total. The highest BCUT2D eigenvalue weighted by Crippen LogP contribution is 2.49. The number of thiophene rings is 1. The molecule has 1 aliphatic carbocycles. The molecule has 1 aromatic rings. The van der Waals surface area contributed by atoms with Crippen LogP contribution in [0.25, 0.3) is 0 Å². The van der Waals surface area contributed by atoms with E-state index in [-0.39, 0.29) is 0 Å². The molecule has 0 aliphatic heterocycles. The SMILES string of the molecule is CCCNC(c1cc(Br)sc1Br)C1(C)CCCCC1. The maximum atomic E-state index is 3.81. The van der Waals surface area contributed by atoms with Crippen molar-refractivity contribution in [3.63, 3.8) is 0 Å². The Kier molecular flexibility index (Phi) is 5.94. The summed E-state index contributed by atoms with van der Waals surface area (Å²) >= 11 is 9.16. The van der Waals surface area contributed by atoms with Crippen molar-refractivity contribution in [2.75, 3.05) is 6.54 Å². The Labute approximate surface area is 137 Å². The molecule has 2 rings (SSSR count). The molecule has 19 heavy (non-hydrogen) atoms. The highest BCUT2D eigenvalue weighted by atomic mass is 79.9. The predicted molar refractivity (Wildman–Crippen MR) is 91.9 cm³/mol. The fourth-order valence-electron chi connectivity index (χ4n) is 3.22. The van der Waals surface area contributed by atoms with Gasteiger partial charge in [0, 0.05) is 6.04 Å². The van der Waals surface area contributed by atoms with Crippen LogP contribution in [0.15, 0.2) is 13.6 Å². The Morgan fingerprint density at radius 2 is 2.00 bits per heavy atom. The van der Waals surface area contributed by atoms with E-state index in [1.165, 1.54) is 51.7 Å². The Morgan fingerprint density at radius 1 is 1.32 bits per heavy atom. The van der Waals surface area contributed by atoms with Crippen LogP contribution in [0.1, 0.15) is 64.0 Å². The van der Waals surface area contributed by atoms with Crippen molar-refractivity contribution in [1.29, 1.82) is 0 Å². The van der Waals surface area contributed by atoms with Crippen LogP contribution in [0.3, 0.4) is 0 Å². The Morgan fingerprint density at radius 3 is 2.53 bits per heavy atom. The summed E-state index contributed by atoms with van der Waals surface area (Å²) in [5, 5.41) is 3.81. The molecular formula is C15H23Br2NS. The molecule has 108 valence electrons. The van der Waals surface area contributed by atoms with Gasteiger partial charge in [-0.2, -0.15) is 0 Å². The monoisotopic (exact) mass is 407 g/mol. The zero-order valence-electron chi connectivity index (χ0n) is 11.8. The highest BCUT2D eigenvalue weighted by molar-refractivity contribution is 9.12. The second-order valence-corrected chi connectivity index (χ2v) is 9.63. The lowest BCUT2D eigenvalue weighted by molar-refractivity contribution is 0.144. The standard InChI is InChI=1S/C15H23Br2NS/c1-3-9-18-13(11-10-12(16)19-14(11)17)15(2)7-5-4-6-8-15/h10,13,18H,3-9H2,1-2H3. The molecule has 1 unspecified atom stereocenters. The normalized spacial score (nSPS) is 20.4. The minimum atomic E-state index is 0.399. The molecule has 0 amide bonds. The van der Waals surface area contributed by atoms with Gasteiger partial charge in [0.05, 0.1) is 7.57 Å². The van der Waals surface area contributed by atoms with E-state index < -0.39 is 0 Å². The number of nitrogens with one attached hydrogen (secondary N) is 1. The van der Waals surface area contributed by atoms with Gasteiger partial charge in [0.1, 0.15) is 0 Å². The van der Waals surface area contributed by atoms with E-state index in [4.69, 9.17) is 0 Å². The number of hydrogen-bond donors (Lipinski definition) is 1. The van der Waals surface area contributed by atoms with Crippen molar-refractivity contribution in [2.24, 2.45) is 5.41 Å². The van der Waals surface area contributed by atoms with E-state index in [0.29, 0.717) is 11.5 Å². The first-order valence-electron chi connectivity index (χ1n) is 7.25. The molecule has 1 atom stereocenters. The predicted octanol–water partition coefficient (Wildman–Crippen LogP) is 6.28. The van der Waals surface area contributed by atoms with Crippen molar-refractivity contribution >= 4 is 43.2 Å². The Bertz CT molecular complexity index is 410. The molecule has 0 aromatic carbocycles. The van der Waals surface area contributed by atoms with Crippen LogP contribution < -0.4 is 5.32 Å². The van der Waals surface area contributed by atoms with Crippen molar-refractivity contribution in [2.45, 2.75) is 58.4 Å². The average molecular weight is 409 g/mol. The van der Waals surface area contributed by atoms with E-state index in [9.17, 15) is 0 Å². The van der Waals surface area contributed by atoms with Crippen LogP contribution in [0.2, 0.25) is 0 Å². The topological polar surface area (TPSA) is 12.0 Å². The fourth-order valence-corrected chi connectivity index (χ4v) is 6.12. The van der Waals surface area contributed by atoms with E-state index >= 15 is 0 Å². The van der Waals surface area contributed by atoms with Crippen molar-refractivity contribution < 1.29 is 0 Å². The van der Waals surface area contributed by atoms with E-state index in [2.05, 4.69) is 57.1 Å². The summed E-state index contributed by atoms with van der Waals surface area (Å²) in [5.41, 5.74) is 1.84. The molecule has 1 fully saturated rings. The van der Waals surface area contributed by atoms with Crippen molar-refractivity contribution in [3.05, 3.63) is 19.2 Å². The van der Waals surface area contributed by atoms with Crippen molar-refractivity contribution in [1.82, 2.24) is 5.32 Å². The molecule has 1 nitrogen and oxygen atoms in total. The minimum Gasteiger partial charge on any atom is -0.309 e. The number of halogens is 2. The summed E-state index contributed by atoms with van der Waals surface area (Å²) < 4.78 is 2.50. The number of hydrogen-bond acceptors (Lipinski definition) is 2. The first-order valence-corrected chi connectivity index (χ1v) is 9.65. The van der Waals surface area contributed by atoms with Gasteiger partial charge in [-0.05, 0) is 74.7 Å². The molecule has 1 heterocycles. The summed E-state index contributed by atoms with van der Waals surface area (Å²) in [5.74, 6) is 0. The molecule has 1 aromatic heterocycles. The lowest BCUT2D eigenvalue weighted by Crippen LogP contribution is -2.38. The Balaban J connectivity index is 2.26. The molecule has 0 spiro atoms. The summed E-state index contributed by atoms with van der Waals surface area (Å²) in [6.07, 6.45) is 8.04. The molecule has 0 bridgehead atoms. The number of rotatable bonds is 5. The Hall–Kier alpha value is 0.620. The van der Waals surface area contributed by atoms with Gasteiger partial charge in [0.2, 0.25) is 0 Å². The average Bonchev–Trinajstić information content (AvgIpc) is 2.70. The summed E-state index contributed by atoms with van der Waals surface area (Å²) in [6, 6.07) is 2.77. The molecule has 0 saturated heterocycles. The van der Waals surface area contributed by atoms with Gasteiger partial charge in [-0.1, -0.05) is 33.1 Å². The first-order chi connectivity index (χ1) is 9.07. The van der Waals surface area contributed by atoms with Gasteiger partial charge in [-0.25, -0.2) is 0 Å². The van der Waals surface area contributed by atoms with Crippen LogP contribution in [-0.2, 0) is 0 Å². The highest BCUT2D eigenvalue weighted by Gasteiger charge is 2.37.